The summed E-state index contributed by atoms with van der Waals surface area (Å²) in [6.07, 6.45) is 2.46. The number of ether oxygens (including phenoxy) is 1. The normalized spacial score (nSPS) is 18.5. The van der Waals surface area contributed by atoms with E-state index in [-0.39, 0.29) is 24.9 Å². The fraction of sp³-hybridized carbons (Fsp3) is 0.500. The second-order valence-electron chi connectivity index (χ2n) is 6.01. The van der Waals surface area contributed by atoms with Gasteiger partial charge in [-0.2, -0.15) is 0 Å². The third-order valence-electron chi connectivity index (χ3n) is 3.95. The van der Waals surface area contributed by atoms with Crippen molar-refractivity contribution in [2.24, 2.45) is 5.92 Å². The third kappa shape index (κ3) is 6.02. The van der Waals surface area contributed by atoms with Gasteiger partial charge in [-0.1, -0.05) is 12.1 Å². The Labute approximate surface area is 146 Å². The number of hydrogen-bond acceptors (Lipinski definition) is 5. The van der Waals surface area contributed by atoms with Crippen LogP contribution in [0, 0.1) is 5.92 Å². The van der Waals surface area contributed by atoms with Crippen molar-refractivity contribution in [3.8, 4) is 5.75 Å². The number of nitrogens with one attached hydrogen (secondary N) is 1. The molecule has 2 rings (SSSR count). The first-order valence-electron chi connectivity index (χ1n) is 7.92. The fourth-order valence-corrected chi connectivity index (χ4v) is 3.59. The number of rotatable bonds is 7. The molecule has 1 aliphatic rings. The summed E-state index contributed by atoms with van der Waals surface area (Å²) in [4.78, 5) is 22.8. The first-order chi connectivity index (χ1) is 11.8. The van der Waals surface area contributed by atoms with Crippen LogP contribution in [0.2, 0.25) is 0 Å². The van der Waals surface area contributed by atoms with Crippen molar-refractivity contribution in [1.82, 2.24) is 9.62 Å². The maximum atomic E-state index is 12.3. The van der Waals surface area contributed by atoms with E-state index in [0.717, 1.165) is 11.8 Å². The summed E-state index contributed by atoms with van der Waals surface area (Å²) in [5, 5.41) is 11.4. The van der Waals surface area contributed by atoms with Gasteiger partial charge >= 0.3 is 5.97 Å². The maximum Gasteiger partial charge on any atom is 0.341 e. The molecule has 0 spiro atoms. The van der Waals surface area contributed by atoms with Crippen molar-refractivity contribution in [2.45, 2.75) is 19.4 Å². The highest BCUT2D eigenvalue weighted by molar-refractivity contribution is 7.88. The number of carbonyl (C=O) groups is 2. The van der Waals surface area contributed by atoms with E-state index < -0.39 is 22.6 Å². The van der Waals surface area contributed by atoms with Crippen molar-refractivity contribution in [1.29, 1.82) is 0 Å². The molecular weight excluding hydrogens is 348 g/mol. The molecule has 0 aliphatic carbocycles. The number of benzene rings is 1. The average Bonchev–Trinajstić information content (AvgIpc) is 2.57. The van der Waals surface area contributed by atoms with Crippen LogP contribution in [-0.4, -0.2) is 55.7 Å². The summed E-state index contributed by atoms with van der Waals surface area (Å²) in [7, 11) is -3.29. The fourth-order valence-electron chi connectivity index (χ4n) is 2.68. The number of nitrogens with zero attached hydrogens (tertiary/aromatic N) is 1. The monoisotopic (exact) mass is 370 g/mol. The lowest BCUT2D eigenvalue weighted by Crippen LogP contribution is -2.44. The van der Waals surface area contributed by atoms with Gasteiger partial charge in [0.05, 0.1) is 12.2 Å². The van der Waals surface area contributed by atoms with E-state index >= 15 is 0 Å². The smallest absolute Gasteiger partial charge is 0.341 e. The summed E-state index contributed by atoms with van der Waals surface area (Å²) in [6.45, 7) is 0.482. The zero-order valence-electron chi connectivity index (χ0n) is 14.0. The number of aliphatic carboxylic acids is 1. The highest BCUT2D eigenvalue weighted by atomic mass is 32.2. The molecule has 0 saturated carbocycles. The van der Waals surface area contributed by atoms with E-state index in [1.807, 2.05) is 0 Å². The van der Waals surface area contributed by atoms with Gasteiger partial charge in [0.25, 0.3) is 0 Å². The number of amides is 1. The van der Waals surface area contributed by atoms with E-state index in [1.165, 1.54) is 4.31 Å². The second-order valence-corrected chi connectivity index (χ2v) is 7.99. The lowest BCUT2D eigenvalue weighted by atomic mass is 9.99. The minimum Gasteiger partial charge on any atom is -0.482 e. The van der Waals surface area contributed by atoms with Crippen LogP contribution in [0.15, 0.2) is 24.3 Å². The number of carboxylic acid groups (broad SMARTS) is 1. The molecule has 1 amide bonds. The summed E-state index contributed by atoms with van der Waals surface area (Å²) < 4.78 is 29.7. The van der Waals surface area contributed by atoms with Gasteiger partial charge in [0.15, 0.2) is 6.61 Å². The first kappa shape index (κ1) is 19.2. The summed E-state index contributed by atoms with van der Waals surface area (Å²) in [5.74, 6) is -1.21. The Kier molecular flexibility index (Phi) is 6.38. The van der Waals surface area contributed by atoms with E-state index in [1.54, 1.807) is 24.3 Å². The highest BCUT2D eigenvalue weighted by Crippen LogP contribution is 2.19. The van der Waals surface area contributed by atoms with Gasteiger partial charge in [-0.3, -0.25) is 4.79 Å². The van der Waals surface area contributed by atoms with Crippen LogP contribution in [0.5, 0.6) is 5.75 Å². The number of piperidine rings is 1. The molecule has 2 N–H and O–H groups in total. The molecule has 0 bridgehead atoms. The molecule has 1 heterocycles. The van der Waals surface area contributed by atoms with Gasteiger partial charge in [-0.15, -0.1) is 0 Å². The summed E-state index contributed by atoms with van der Waals surface area (Å²) >= 11 is 0. The Morgan fingerprint density at radius 2 is 2.16 bits per heavy atom. The Morgan fingerprint density at radius 3 is 2.84 bits per heavy atom. The lowest BCUT2D eigenvalue weighted by Gasteiger charge is -2.30. The van der Waals surface area contributed by atoms with E-state index in [4.69, 9.17) is 9.84 Å². The van der Waals surface area contributed by atoms with Gasteiger partial charge in [-0.05, 0) is 30.5 Å². The molecule has 138 valence electrons. The molecule has 1 fully saturated rings. The molecule has 25 heavy (non-hydrogen) atoms. The zero-order chi connectivity index (χ0) is 18.4. The molecule has 1 aromatic carbocycles. The Hall–Kier alpha value is -2.13. The Bertz CT molecular complexity index is 734. The Balaban J connectivity index is 1.89. The van der Waals surface area contributed by atoms with Crippen molar-refractivity contribution in [3.05, 3.63) is 29.8 Å². The molecule has 1 atom stereocenters. The molecular formula is C16H22N2O6S. The van der Waals surface area contributed by atoms with Crippen molar-refractivity contribution < 1.29 is 27.9 Å². The molecule has 9 heteroatoms. The molecule has 1 aromatic rings. The van der Waals surface area contributed by atoms with Crippen molar-refractivity contribution >= 4 is 21.9 Å². The minimum absolute atomic E-state index is 0.190. The van der Waals surface area contributed by atoms with Crippen LogP contribution in [-0.2, 0) is 26.2 Å². The predicted molar refractivity (Wildman–Crippen MR) is 90.6 cm³/mol. The average molecular weight is 370 g/mol. The summed E-state index contributed by atoms with van der Waals surface area (Å²) in [5.41, 5.74) is 0.770. The quantitative estimate of drug-likeness (QED) is 0.720. The van der Waals surface area contributed by atoms with Crippen molar-refractivity contribution in [3.63, 3.8) is 0 Å². The molecule has 1 aliphatic heterocycles. The van der Waals surface area contributed by atoms with Gasteiger partial charge in [0.1, 0.15) is 5.75 Å². The van der Waals surface area contributed by atoms with Crippen LogP contribution < -0.4 is 10.1 Å². The third-order valence-corrected chi connectivity index (χ3v) is 5.22. The number of carboxylic acids is 1. The topological polar surface area (TPSA) is 113 Å². The van der Waals surface area contributed by atoms with Gasteiger partial charge in [0, 0.05) is 19.6 Å². The molecule has 1 unspecified atom stereocenters. The zero-order valence-corrected chi connectivity index (χ0v) is 14.8. The minimum atomic E-state index is -3.29. The first-order valence-corrected chi connectivity index (χ1v) is 9.77. The van der Waals surface area contributed by atoms with Gasteiger partial charge in [-0.25, -0.2) is 17.5 Å². The summed E-state index contributed by atoms with van der Waals surface area (Å²) in [6, 6.07) is 6.80. The number of sulfonamides is 1. The largest absolute Gasteiger partial charge is 0.482 e. The maximum absolute atomic E-state index is 12.3. The van der Waals surface area contributed by atoms with Crippen LogP contribution in [0.1, 0.15) is 18.4 Å². The van der Waals surface area contributed by atoms with Crippen LogP contribution >= 0.6 is 0 Å². The molecule has 1 saturated heterocycles. The van der Waals surface area contributed by atoms with Crippen LogP contribution in [0.3, 0.4) is 0 Å². The molecule has 0 radical (unpaired) electrons. The van der Waals surface area contributed by atoms with E-state index in [9.17, 15) is 18.0 Å². The van der Waals surface area contributed by atoms with Gasteiger partial charge in [0.2, 0.25) is 15.9 Å². The number of hydrogen-bond donors (Lipinski definition) is 2. The standard InChI is InChI=1S/C16H22N2O6S/c1-25(22,23)18-7-3-5-13(10-18)16(21)17-9-12-4-2-6-14(8-12)24-11-15(19)20/h2,4,6,8,13H,3,5,7,9-11H2,1H3,(H,17,21)(H,19,20). The molecule has 0 aromatic heterocycles. The molecule has 8 nitrogen and oxygen atoms in total. The van der Waals surface area contributed by atoms with Crippen LogP contribution in [0.4, 0.5) is 0 Å². The second kappa shape index (κ2) is 8.30. The SMILES string of the molecule is CS(=O)(=O)N1CCCC(C(=O)NCc2cccc(OCC(=O)O)c2)C1. The van der Waals surface area contributed by atoms with Gasteiger partial charge < -0.3 is 15.2 Å². The van der Waals surface area contributed by atoms with E-state index in [2.05, 4.69) is 5.32 Å². The van der Waals surface area contributed by atoms with E-state index in [0.29, 0.717) is 25.1 Å². The lowest BCUT2D eigenvalue weighted by molar-refractivity contribution is -0.139. The van der Waals surface area contributed by atoms with Crippen molar-refractivity contribution in [2.75, 3.05) is 26.0 Å². The highest BCUT2D eigenvalue weighted by Gasteiger charge is 2.29. The predicted octanol–water partition coefficient (Wildman–Crippen LogP) is 0.438. The number of carbonyl (C=O) groups excluding carboxylic acids is 1. The van der Waals surface area contributed by atoms with Crippen LogP contribution in [0.25, 0.3) is 0 Å². The Morgan fingerprint density at radius 1 is 1.40 bits per heavy atom.